The van der Waals surface area contributed by atoms with Crippen molar-refractivity contribution in [1.82, 2.24) is 10.2 Å². The van der Waals surface area contributed by atoms with Crippen molar-refractivity contribution in [3.8, 4) is 0 Å². The van der Waals surface area contributed by atoms with E-state index in [0.717, 1.165) is 17.5 Å². The number of benzene rings is 2. The zero-order valence-electron chi connectivity index (χ0n) is 10.7. The Balaban J connectivity index is 2.08. The van der Waals surface area contributed by atoms with Gasteiger partial charge in [-0.05, 0) is 18.6 Å². The van der Waals surface area contributed by atoms with E-state index < -0.39 is 0 Å². The van der Waals surface area contributed by atoms with E-state index in [2.05, 4.69) is 41.4 Å². The molecule has 0 amide bonds. The predicted octanol–water partition coefficient (Wildman–Crippen LogP) is 2.82. The predicted molar refractivity (Wildman–Crippen MR) is 76.3 cm³/mol. The highest BCUT2D eigenvalue weighted by Gasteiger charge is 2.06. The first kappa shape index (κ1) is 11.7. The van der Waals surface area contributed by atoms with Gasteiger partial charge in [0.1, 0.15) is 0 Å². The molecule has 1 N–H and O–H groups in total. The Morgan fingerprint density at radius 3 is 2.42 bits per heavy atom. The Hall–Kier alpha value is -2.42. The van der Waals surface area contributed by atoms with Gasteiger partial charge in [0.15, 0.2) is 0 Å². The van der Waals surface area contributed by atoms with Crippen LogP contribution in [0.4, 0.5) is 0 Å². The lowest BCUT2D eigenvalue weighted by Gasteiger charge is -2.05. The number of hydrogen-bond donors (Lipinski definition) is 1. The third-order valence-electron chi connectivity index (χ3n) is 3.27. The summed E-state index contributed by atoms with van der Waals surface area (Å²) >= 11 is 0. The first-order valence-corrected chi connectivity index (χ1v) is 6.26. The van der Waals surface area contributed by atoms with Gasteiger partial charge in [-0.3, -0.25) is 4.79 Å². The molecule has 3 heteroatoms. The highest BCUT2D eigenvalue weighted by atomic mass is 16.1. The lowest BCUT2D eigenvalue weighted by Crippen LogP contribution is -2.11. The summed E-state index contributed by atoms with van der Waals surface area (Å²) in [6.45, 7) is 2.07. The molecule has 0 aliphatic heterocycles. The first-order chi connectivity index (χ1) is 9.24. The fourth-order valence-electron chi connectivity index (χ4n) is 2.21. The van der Waals surface area contributed by atoms with Gasteiger partial charge in [0.25, 0.3) is 5.56 Å². The standard InChI is InChI=1S/C16H14N2O/c1-11-6-8-12(9-7-11)10-15-13-4-2-3-5-14(13)16(19)18-17-15/h2-9H,10H2,1H3,(H,18,19). The van der Waals surface area contributed by atoms with E-state index in [4.69, 9.17) is 0 Å². The number of H-pyrrole nitrogens is 1. The minimum atomic E-state index is -0.136. The number of nitrogens with zero attached hydrogens (tertiary/aromatic N) is 1. The normalized spacial score (nSPS) is 10.8. The summed E-state index contributed by atoms with van der Waals surface area (Å²) < 4.78 is 0. The molecular weight excluding hydrogens is 236 g/mol. The van der Waals surface area contributed by atoms with Crippen LogP contribution in [-0.4, -0.2) is 10.2 Å². The molecule has 94 valence electrons. The average Bonchev–Trinajstić information content (AvgIpc) is 2.45. The summed E-state index contributed by atoms with van der Waals surface area (Å²) in [6.07, 6.45) is 0.720. The van der Waals surface area contributed by atoms with E-state index in [1.165, 1.54) is 11.1 Å². The lowest BCUT2D eigenvalue weighted by atomic mass is 10.0. The van der Waals surface area contributed by atoms with Gasteiger partial charge in [-0.25, -0.2) is 5.10 Å². The Bertz CT molecular complexity index is 773. The Labute approximate surface area is 110 Å². The van der Waals surface area contributed by atoms with Gasteiger partial charge in [0.05, 0.1) is 11.1 Å². The van der Waals surface area contributed by atoms with E-state index in [-0.39, 0.29) is 5.56 Å². The second-order valence-electron chi connectivity index (χ2n) is 4.71. The summed E-state index contributed by atoms with van der Waals surface area (Å²) in [5, 5.41) is 8.37. The van der Waals surface area contributed by atoms with Crippen LogP contribution in [0.2, 0.25) is 0 Å². The van der Waals surface area contributed by atoms with E-state index in [9.17, 15) is 4.79 Å². The Kier molecular flexibility index (Phi) is 2.88. The van der Waals surface area contributed by atoms with Gasteiger partial charge in [0, 0.05) is 11.8 Å². The van der Waals surface area contributed by atoms with Crippen molar-refractivity contribution >= 4 is 10.8 Å². The number of nitrogens with one attached hydrogen (secondary N) is 1. The van der Waals surface area contributed by atoms with Crippen LogP contribution in [0.5, 0.6) is 0 Å². The molecule has 0 aliphatic carbocycles. The summed E-state index contributed by atoms with van der Waals surface area (Å²) in [7, 11) is 0. The van der Waals surface area contributed by atoms with Gasteiger partial charge < -0.3 is 0 Å². The fourth-order valence-corrected chi connectivity index (χ4v) is 2.21. The molecule has 3 nitrogen and oxygen atoms in total. The summed E-state index contributed by atoms with van der Waals surface area (Å²) in [4.78, 5) is 11.7. The van der Waals surface area contributed by atoms with Crippen LogP contribution in [0, 0.1) is 6.92 Å². The number of rotatable bonds is 2. The molecule has 1 heterocycles. The third kappa shape index (κ3) is 2.27. The van der Waals surface area contributed by atoms with Crippen molar-refractivity contribution in [3.63, 3.8) is 0 Å². The molecule has 0 aliphatic rings. The molecule has 1 aromatic heterocycles. The van der Waals surface area contributed by atoms with Crippen LogP contribution in [-0.2, 0) is 6.42 Å². The maximum Gasteiger partial charge on any atom is 0.272 e. The van der Waals surface area contributed by atoms with Crippen LogP contribution in [0.15, 0.2) is 53.3 Å². The molecule has 19 heavy (non-hydrogen) atoms. The SMILES string of the molecule is Cc1ccc(Cc2n[nH]c(=O)c3ccccc23)cc1. The number of fused-ring (bicyclic) bond motifs is 1. The number of hydrogen-bond acceptors (Lipinski definition) is 2. The van der Waals surface area contributed by atoms with E-state index in [0.29, 0.717) is 5.39 Å². The topological polar surface area (TPSA) is 45.8 Å². The van der Waals surface area contributed by atoms with Gasteiger partial charge in [-0.2, -0.15) is 5.10 Å². The van der Waals surface area contributed by atoms with Crippen LogP contribution in [0.1, 0.15) is 16.8 Å². The minimum absolute atomic E-state index is 0.136. The molecule has 0 atom stereocenters. The number of aryl methyl sites for hydroxylation is 1. The van der Waals surface area contributed by atoms with Crippen LogP contribution in [0.3, 0.4) is 0 Å². The Morgan fingerprint density at radius 2 is 1.68 bits per heavy atom. The monoisotopic (exact) mass is 250 g/mol. The number of aromatic nitrogens is 2. The highest BCUT2D eigenvalue weighted by molar-refractivity contribution is 5.83. The first-order valence-electron chi connectivity index (χ1n) is 6.26. The van der Waals surface area contributed by atoms with Crippen molar-refractivity contribution in [3.05, 3.63) is 75.7 Å². The van der Waals surface area contributed by atoms with Crippen LogP contribution >= 0.6 is 0 Å². The van der Waals surface area contributed by atoms with Crippen LogP contribution < -0.4 is 5.56 Å². The molecule has 3 aromatic rings. The molecule has 0 fully saturated rings. The summed E-state index contributed by atoms with van der Waals surface area (Å²) in [5.74, 6) is 0. The highest BCUT2D eigenvalue weighted by Crippen LogP contribution is 2.16. The van der Waals surface area contributed by atoms with E-state index in [1.54, 1.807) is 0 Å². The average molecular weight is 250 g/mol. The Morgan fingerprint density at radius 1 is 1.00 bits per heavy atom. The smallest absolute Gasteiger partial charge is 0.267 e. The van der Waals surface area contributed by atoms with Gasteiger partial charge in [-0.1, -0.05) is 48.0 Å². The van der Waals surface area contributed by atoms with Crippen molar-refractivity contribution < 1.29 is 0 Å². The van der Waals surface area contributed by atoms with E-state index >= 15 is 0 Å². The van der Waals surface area contributed by atoms with Crippen molar-refractivity contribution in [2.45, 2.75) is 13.3 Å². The zero-order chi connectivity index (χ0) is 13.2. The molecule has 0 unspecified atom stereocenters. The molecule has 0 spiro atoms. The summed E-state index contributed by atoms with van der Waals surface area (Å²) in [5.41, 5.74) is 3.20. The maximum atomic E-state index is 11.7. The van der Waals surface area contributed by atoms with Gasteiger partial charge >= 0.3 is 0 Å². The number of aromatic amines is 1. The zero-order valence-corrected chi connectivity index (χ0v) is 10.7. The third-order valence-corrected chi connectivity index (χ3v) is 3.27. The van der Waals surface area contributed by atoms with Crippen molar-refractivity contribution in [2.75, 3.05) is 0 Å². The quantitative estimate of drug-likeness (QED) is 0.760. The summed E-state index contributed by atoms with van der Waals surface area (Å²) in [6, 6.07) is 15.9. The lowest BCUT2D eigenvalue weighted by molar-refractivity contribution is 0.934. The molecule has 0 radical (unpaired) electrons. The molecule has 0 saturated carbocycles. The molecule has 2 aromatic carbocycles. The molecule has 3 rings (SSSR count). The fraction of sp³-hybridized carbons (Fsp3) is 0.125. The molecule has 0 bridgehead atoms. The largest absolute Gasteiger partial charge is 0.272 e. The maximum absolute atomic E-state index is 11.7. The van der Waals surface area contributed by atoms with Gasteiger partial charge in [0.2, 0.25) is 0 Å². The minimum Gasteiger partial charge on any atom is -0.267 e. The van der Waals surface area contributed by atoms with Crippen LogP contribution in [0.25, 0.3) is 10.8 Å². The van der Waals surface area contributed by atoms with Crippen molar-refractivity contribution in [2.24, 2.45) is 0 Å². The van der Waals surface area contributed by atoms with Crippen molar-refractivity contribution in [1.29, 1.82) is 0 Å². The second kappa shape index (κ2) is 4.69. The van der Waals surface area contributed by atoms with Gasteiger partial charge in [-0.15, -0.1) is 0 Å². The van der Waals surface area contributed by atoms with E-state index in [1.807, 2.05) is 24.3 Å². The molecular formula is C16H14N2O. The molecule has 0 saturated heterocycles. The second-order valence-corrected chi connectivity index (χ2v) is 4.71.